The van der Waals surface area contributed by atoms with Gasteiger partial charge in [0.15, 0.2) is 5.11 Å². The summed E-state index contributed by atoms with van der Waals surface area (Å²) in [7, 11) is 0. The molecule has 1 heterocycles. The van der Waals surface area contributed by atoms with Crippen molar-refractivity contribution in [2.75, 3.05) is 0 Å². The van der Waals surface area contributed by atoms with Crippen LogP contribution in [-0.2, 0) is 0 Å². The van der Waals surface area contributed by atoms with Crippen molar-refractivity contribution in [2.45, 2.75) is 31.3 Å². The molecule has 2 aromatic carbocycles. The van der Waals surface area contributed by atoms with Crippen molar-refractivity contribution in [2.24, 2.45) is 22.7 Å². The third kappa shape index (κ3) is 3.37. The number of nitrogens with one attached hydrogen (secondary N) is 2. The highest BCUT2D eigenvalue weighted by atomic mass is 32.1. The van der Waals surface area contributed by atoms with Gasteiger partial charge in [0, 0.05) is 29.6 Å². The zero-order chi connectivity index (χ0) is 17.9. The van der Waals surface area contributed by atoms with Gasteiger partial charge in [0.1, 0.15) is 0 Å². The van der Waals surface area contributed by atoms with Crippen LogP contribution in [-0.4, -0.2) is 10.8 Å². The summed E-state index contributed by atoms with van der Waals surface area (Å²) in [5.74, 6) is 0.718. The monoisotopic (exact) mass is 364 g/mol. The molecule has 4 nitrogen and oxygen atoms in total. The van der Waals surface area contributed by atoms with Crippen molar-refractivity contribution >= 4 is 23.0 Å². The van der Waals surface area contributed by atoms with Crippen LogP contribution in [0.1, 0.15) is 42.5 Å². The molecule has 1 aliphatic heterocycles. The van der Waals surface area contributed by atoms with Crippen molar-refractivity contribution in [3.63, 3.8) is 0 Å². The lowest BCUT2D eigenvalue weighted by Crippen LogP contribution is -2.51. The molecule has 4 N–H and O–H groups in total. The van der Waals surface area contributed by atoms with Gasteiger partial charge in [-0.15, -0.1) is 0 Å². The molecule has 1 saturated heterocycles. The first-order valence-corrected chi connectivity index (χ1v) is 9.63. The van der Waals surface area contributed by atoms with E-state index in [4.69, 9.17) is 18.0 Å². The highest BCUT2D eigenvalue weighted by Gasteiger charge is 2.45. The topological polar surface area (TPSA) is 62.4 Å². The van der Waals surface area contributed by atoms with Crippen LogP contribution in [0.3, 0.4) is 0 Å². The van der Waals surface area contributed by atoms with Crippen molar-refractivity contribution in [1.29, 1.82) is 0 Å². The number of nitrogens with zero attached hydrogens (tertiary/aromatic N) is 1. The maximum absolute atomic E-state index is 5.65. The van der Waals surface area contributed by atoms with Crippen LogP contribution in [0.2, 0.25) is 0 Å². The zero-order valence-corrected chi connectivity index (χ0v) is 15.5. The molecule has 0 aromatic heterocycles. The Balaban J connectivity index is 1.76. The summed E-state index contributed by atoms with van der Waals surface area (Å²) >= 11 is 4.99. The van der Waals surface area contributed by atoms with E-state index in [1.807, 2.05) is 0 Å². The molecule has 1 saturated carbocycles. The van der Waals surface area contributed by atoms with Crippen LogP contribution in [0.4, 0.5) is 0 Å². The van der Waals surface area contributed by atoms with Crippen LogP contribution in [0.25, 0.3) is 0 Å². The van der Waals surface area contributed by atoms with Gasteiger partial charge in [-0.2, -0.15) is 5.10 Å². The summed E-state index contributed by atoms with van der Waals surface area (Å²) in [6.07, 6.45) is 3.47. The van der Waals surface area contributed by atoms with E-state index in [2.05, 4.69) is 76.5 Å². The Morgan fingerprint density at radius 2 is 1.42 bits per heavy atom. The van der Waals surface area contributed by atoms with Gasteiger partial charge in [-0.05, 0) is 36.2 Å². The summed E-state index contributed by atoms with van der Waals surface area (Å²) in [6, 6.07) is 21.8. The highest BCUT2D eigenvalue weighted by molar-refractivity contribution is 7.80. The normalized spacial score (nSPS) is 29.3. The fraction of sp³-hybridized carbons (Fsp3) is 0.333. The molecule has 4 atom stereocenters. The van der Waals surface area contributed by atoms with E-state index in [1.54, 1.807) is 0 Å². The van der Waals surface area contributed by atoms with E-state index >= 15 is 0 Å². The first-order valence-electron chi connectivity index (χ1n) is 9.23. The van der Waals surface area contributed by atoms with Crippen LogP contribution in [0.5, 0.6) is 0 Å². The van der Waals surface area contributed by atoms with Crippen molar-refractivity contribution < 1.29 is 0 Å². The predicted molar refractivity (Wildman–Crippen MR) is 110 cm³/mol. The number of hydrazone groups is 1. The Kier molecular flexibility index (Phi) is 5.00. The summed E-state index contributed by atoms with van der Waals surface area (Å²) in [6.45, 7) is 0. The van der Waals surface area contributed by atoms with E-state index in [1.165, 1.54) is 23.3 Å². The average molecular weight is 365 g/mol. The molecule has 5 heteroatoms. The molecule has 0 spiro atoms. The lowest BCUT2D eigenvalue weighted by Gasteiger charge is -2.47. The maximum Gasteiger partial charge on any atom is 0.184 e. The van der Waals surface area contributed by atoms with Gasteiger partial charge in [-0.3, -0.25) is 5.43 Å². The molecule has 2 aliphatic rings. The van der Waals surface area contributed by atoms with Crippen LogP contribution in [0.15, 0.2) is 65.8 Å². The average Bonchev–Trinajstić information content (AvgIpc) is 2.68. The number of hydrogen-bond donors (Lipinski definition) is 3. The fourth-order valence-corrected chi connectivity index (χ4v) is 4.54. The Morgan fingerprint density at radius 3 is 1.88 bits per heavy atom. The van der Waals surface area contributed by atoms with Crippen LogP contribution >= 0.6 is 12.2 Å². The van der Waals surface area contributed by atoms with Crippen LogP contribution in [0, 0.1) is 11.8 Å². The standard InChI is InChI=1S/C21H24N4S/c22-21(26)25-24-20-16-12-7-13-17(20)19(15-10-5-2-6-11-15)23-18(16)14-8-3-1-4-9-14/h1-6,8-11,16-19,23H,7,12-13H2,(H3,22,25,26)/t16-,17-,18-,19+/m1/s1. The number of fused-ring (bicyclic) bond motifs is 2. The van der Waals surface area contributed by atoms with E-state index in [-0.39, 0.29) is 17.2 Å². The molecule has 2 aromatic rings. The van der Waals surface area contributed by atoms with Gasteiger partial charge >= 0.3 is 0 Å². The molecule has 2 fully saturated rings. The minimum absolute atomic E-state index is 0.224. The van der Waals surface area contributed by atoms with E-state index in [9.17, 15) is 0 Å². The largest absolute Gasteiger partial charge is 0.375 e. The predicted octanol–water partition coefficient (Wildman–Crippen LogP) is 3.68. The van der Waals surface area contributed by atoms with Gasteiger partial charge in [-0.25, -0.2) is 0 Å². The number of nitrogens with two attached hydrogens (primary N) is 1. The van der Waals surface area contributed by atoms with Crippen molar-refractivity contribution in [3.8, 4) is 0 Å². The first kappa shape index (κ1) is 17.2. The number of piperidine rings is 1. The molecule has 1 aliphatic carbocycles. The number of thiocarbonyl (C=S) groups is 1. The van der Waals surface area contributed by atoms with E-state index in [0.29, 0.717) is 11.8 Å². The summed E-state index contributed by atoms with van der Waals surface area (Å²) in [4.78, 5) is 0. The number of rotatable bonds is 3. The van der Waals surface area contributed by atoms with Crippen LogP contribution < -0.4 is 16.5 Å². The first-order chi connectivity index (χ1) is 12.7. The Bertz CT molecular complexity index is 735. The van der Waals surface area contributed by atoms with E-state index in [0.717, 1.165) is 12.8 Å². The second kappa shape index (κ2) is 7.56. The van der Waals surface area contributed by atoms with Gasteiger partial charge in [0.2, 0.25) is 0 Å². The summed E-state index contributed by atoms with van der Waals surface area (Å²) in [5.41, 5.74) is 12.3. The molecule has 134 valence electrons. The van der Waals surface area contributed by atoms with Gasteiger partial charge in [0.05, 0.1) is 0 Å². The zero-order valence-electron chi connectivity index (χ0n) is 14.6. The Morgan fingerprint density at radius 1 is 0.923 bits per heavy atom. The third-order valence-electron chi connectivity index (χ3n) is 5.57. The van der Waals surface area contributed by atoms with Gasteiger partial charge < -0.3 is 11.1 Å². The number of benzene rings is 2. The molecule has 26 heavy (non-hydrogen) atoms. The molecular formula is C21H24N4S. The Labute approximate surface area is 159 Å². The van der Waals surface area contributed by atoms with Gasteiger partial charge in [-0.1, -0.05) is 67.1 Å². The molecule has 0 radical (unpaired) electrons. The highest BCUT2D eigenvalue weighted by Crippen LogP contribution is 2.46. The lowest BCUT2D eigenvalue weighted by molar-refractivity contribution is 0.232. The van der Waals surface area contributed by atoms with Crippen molar-refractivity contribution in [1.82, 2.24) is 10.7 Å². The SMILES string of the molecule is NC(=S)NN=C1[C@@H]2CCC[C@@H]1[C@H](c1ccccc1)N[C@@H]2c1ccccc1. The molecule has 4 rings (SSSR count). The Hall–Kier alpha value is -2.24. The summed E-state index contributed by atoms with van der Waals surface area (Å²) in [5, 5.41) is 8.84. The molecule has 2 bridgehead atoms. The molecule has 0 unspecified atom stereocenters. The molecular weight excluding hydrogens is 340 g/mol. The number of hydrogen-bond acceptors (Lipinski definition) is 3. The smallest absolute Gasteiger partial charge is 0.184 e. The summed E-state index contributed by atoms with van der Waals surface area (Å²) < 4.78 is 0. The third-order valence-corrected chi connectivity index (χ3v) is 5.66. The molecule has 0 amide bonds. The minimum atomic E-state index is 0.224. The second-order valence-corrected chi connectivity index (χ2v) is 7.54. The van der Waals surface area contributed by atoms with E-state index < -0.39 is 0 Å². The maximum atomic E-state index is 5.65. The van der Waals surface area contributed by atoms with Gasteiger partial charge in [0.25, 0.3) is 0 Å². The van der Waals surface area contributed by atoms with Crippen molar-refractivity contribution in [3.05, 3.63) is 71.8 Å². The lowest BCUT2D eigenvalue weighted by atomic mass is 9.67. The second-order valence-electron chi connectivity index (χ2n) is 7.10. The fourth-order valence-electron chi connectivity index (χ4n) is 4.49. The minimum Gasteiger partial charge on any atom is -0.375 e. The quantitative estimate of drug-likeness (QED) is 0.574.